The highest BCUT2D eigenvalue weighted by Gasteiger charge is 2.34. The van der Waals surface area contributed by atoms with E-state index >= 15 is 0 Å². The Morgan fingerprint density at radius 1 is 1.23 bits per heavy atom. The van der Waals surface area contributed by atoms with Gasteiger partial charge in [0.15, 0.2) is 0 Å². The second kappa shape index (κ2) is 4.97. The zero-order valence-corrected chi connectivity index (χ0v) is 9.01. The fraction of sp³-hybridized carbons (Fsp3) is 1.00. The van der Waals surface area contributed by atoms with Gasteiger partial charge in [0.05, 0.1) is 11.7 Å². The van der Waals surface area contributed by atoms with Crippen LogP contribution in [-0.2, 0) is 4.74 Å². The summed E-state index contributed by atoms with van der Waals surface area (Å²) in [6, 6.07) is 0. The summed E-state index contributed by atoms with van der Waals surface area (Å²) >= 11 is 0. The lowest BCUT2D eigenvalue weighted by Crippen LogP contribution is -2.40. The number of ether oxygens (including phenoxy) is 1. The maximum Gasteiger partial charge on any atom is 0.0807 e. The first-order valence-electron chi connectivity index (χ1n) is 5.64. The maximum atomic E-state index is 6.12. The molecule has 1 fully saturated rings. The second-order valence-electron chi connectivity index (χ2n) is 4.15. The predicted octanol–water partition coefficient (Wildman–Crippen LogP) is 2.46. The molecule has 0 heterocycles. The average Bonchev–Trinajstić information content (AvgIpc) is 2.63. The molecule has 78 valence electrons. The Hall–Kier alpha value is -0.0800. The van der Waals surface area contributed by atoms with E-state index in [9.17, 15) is 0 Å². The molecule has 2 nitrogen and oxygen atoms in total. The number of hydrogen-bond donors (Lipinski definition) is 1. The molecular formula is C11H23NO. The van der Waals surface area contributed by atoms with Gasteiger partial charge in [0.25, 0.3) is 0 Å². The van der Waals surface area contributed by atoms with Crippen molar-refractivity contribution in [1.82, 2.24) is 0 Å². The van der Waals surface area contributed by atoms with Crippen molar-refractivity contribution in [2.75, 3.05) is 6.54 Å². The Bertz CT molecular complexity index is 137. The van der Waals surface area contributed by atoms with Gasteiger partial charge >= 0.3 is 0 Å². The number of hydrogen-bond acceptors (Lipinski definition) is 2. The summed E-state index contributed by atoms with van der Waals surface area (Å²) in [6.45, 7) is 5.07. The zero-order chi connectivity index (χ0) is 9.73. The first-order valence-corrected chi connectivity index (χ1v) is 5.64. The summed E-state index contributed by atoms with van der Waals surface area (Å²) in [6.07, 6.45) is 7.55. The van der Waals surface area contributed by atoms with Gasteiger partial charge in [-0.1, -0.05) is 26.7 Å². The third-order valence-corrected chi connectivity index (χ3v) is 3.21. The van der Waals surface area contributed by atoms with Crippen LogP contribution in [-0.4, -0.2) is 18.2 Å². The van der Waals surface area contributed by atoms with Crippen LogP contribution in [0.5, 0.6) is 0 Å². The molecule has 0 aromatic rings. The fourth-order valence-electron chi connectivity index (χ4n) is 2.20. The molecule has 0 unspecified atom stereocenters. The van der Waals surface area contributed by atoms with Gasteiger partial charge in [-0.05, 0) is 25.7 Å². The Morgan fingerprint density at radius 3 is 2.15 bits per heavy atom. The molecule has 0 radical (unpaired) electrons. The van der Waals surface area contributed by atoms with E-state index in [1.807, 2.05) is 0 Å². The van der Waals surface area contributed by atoms with E-state index < -0.39 is 0 Å². The van der Waals surface area contributed by atoms with Gasteiger partial charge in [-0.25, -0.2) is 0 Å². The molecule has 0 aromatic carbocycles. The summed E-state index contributed by atoms with van der Waals surface area (Å²) in [7, 11) is 0. The van der Waals surface area contributed by atoms with Gasteiger partial charge in [-0.3, -0.25) is 0 Å². The minimum absolute atomic E-state index is 0.0384. The second-order valence-corrected chi connectivity index (χ2v) is 4.15. The summed E-state index contributed by atoms with van der Waals surface area (Å²) in [5, 5.41) is 0. The molecular weight excluding hydrogens is 162 g/mol. The van der Waals surface area contributed by atoms with Crippen LogP contribution in [0, 0.1) is 0 Å². The van der Waals surface area contributed by atoms with Gasteiger partial charge in [-0.2, -0.15) is 0 Å². The summed E-state index contributed by atoms with van der Waals surface area (Å²) < 4.78 is 6.12. The van der Waals surface area contributed by atoms with E-state index in [4.69, 9.17) is 10.5 Å². The van der Waals surface area contributed by atoms with E-state index in [1.54, 1.807) is 0 Å². The van der Waals surface area contributed by atoms with Crippen molar-refractivity contribution < 1.29 is 4.74 Å². The Kier molecular flexibility index (Phi) is 4.20. The van der Waals surface area contributed by atoms with Gasteiger partial charge in [0.1, 0.15) is 0 Å². The molecule has 13 heavy (non-hydrogen) atoms. The molecule has 0 bridgehead atoms. The van der Waals surface area contributed by atoms with Crippen molar-refractivity contribution in [3.05, 3.63) is 0 Å². The summed E-state index contributed by atoms with van der Waals surface area (Å²) in [5.74, 6) is 0. The summed E-state index contributed by atoms with van der Waals surface area (Å²) in [4.78, 5) is 0. The van der Waals surface area contributed by atoms with E-state index in [-0.39, 0.29) is 5.60 Å². The molecule has 1 saturated carbocycles. The van der Waals surface area contributed by atoms with Gasteiger partial charge in [0, 0.05) is 6.54 Å². The highest BCUT2D eigenvalue weighted by Crippen LogP contribution is 2.34. The average molecular weight is 185 g/mol. The number of rotatable bonds is 5. The SMILES string of the molecule is CCC(CC)OC1(CN)CCCC1. The molecule has 0 aliphatic heterocycles. The van der Waals surface area contributed by atoms with Crippen LogP contribution in [0.25, 0.3) is 0 Å². The monoisotopic (exact) mass is 185 g/mol. The van der Waals surface area contributed by atoms with Crippen molar-refractivity contribution in [3.63, 3.8) is 0 Å². The van der Waals surface area contributed by atoms with Crippen LogP contribution in [0.2, 0.25) is 0 Å². The molecule has 2 heteroatoms. The van der Waals surface area contributed by atoms with Gasteiger partial charge < -0.3 is 10.5 Å². The fourth-order valence-corrected chi connectivity index (χ4v) is 2.20. The molecule has 2 N–H and O–H groups in total. The first-order chi connectivity index (χ1) is 6.26. The smallest absolute Gasteiger partial charge is 0.0807 e. The topological polar surface area (TPSA) is 35.2 Å². The Morgan fingerprint density at radius 2 is 1.77 bits per heavy atom. The predicted molar refractivity (Wildman–Crippen MR) is 55.7 cm³/mol. The molecule has 1 rings (SSSR count). The molecule has 0 spiro atoms. The molecule has 1 aliphatic carbocycles. The van der Waals surface area contributed by atoms with Crippen molar-refractivity contribution in [3.8, 4) is 0 Å². The molecule has 0 saturated heterocycles. The highest BCUT2D eigenvalue weighted by molar-refractivity contribution is 4.88. The lowest BCUT2D eigenvalue weighted by atomic mass is 10.0. The largest absolute Gasteiger partial charge is 0.370 e. The van der Waals surface area contributed by atoms with Crippen molar-refractivity contribution in [1.29, 1.82) is 0 Å². The Labute approximate surface area is 81.8 Å². The van der Waals surface area contributed by atoms with Gasteiger partial charge in [-0.15, -0.1) is 0 Å². The molecule has 0 aromatic heterocycles. The lowest BCUT2D eigenvalue weighted by molar-refractivity contribution is -0.0865. The minimum Gasteiger partial charge on any atom is -0.370 e. The number of nitrogens with two attached hydrogens (primary N) is 1. The third kappa shape index (κ3) is 2.68. The molecule has 1 aliphatic rings. The van der Waals surface area contributed by atoms with Crippen LogP contribution in [0.15, 0.2) is 0 Å². The third-order valence-electron chi connectivity index (χ3n) is 3.21. The van der Waals surface area contributed by atoms with Crippen molar-refractivity contribution in [2.24, 2.45) is 5.73 Å². The van der Waals surface area contributed by atoms with Crippen LogP contribution < -0.4 is 5.73 Å². The van der Waals surface area contributed by atoms with E-state index in [1.165, 1.54) is 25.7 Å². The van der Waals surface area contributed by atoms with Crippen LogP contribution in [0.4, 0.5) is 0 Å². The van der Waals surface area contributed by atoms with Crippen molar-refractivity contribution >= 4 is 0 Å². The van der Waals surface area contributed by atoms with Gasteiger partial charge in [0.2, 0.25) is 0 Å². The quantitative estimate of drug-likeness (QED) is 0.714. The molecule has 0 amide bonds. The zero-order valence-electron chi connectivity index (χ0n) is 9.01. The van der Waals surface area contributed by atoms with E-state index in [0.29, 0.717) is 12.6 Å². The van der Waals surface area contributed by atoms with Crippen LogP contribution >= 0.6 is 0 Å². The molecule has 0 atom stereocenters. The van der Waals surface area contributed by atoms with Crippen molar-refractivity contribution in [2.45, 2.75) is 64.1 Å². The van der Waals surface area contributed by atoms with E-state index in [0.717, 1.165) is 12.8 Å². The summed E-state index contributed by atoms with van der Waals surface area (Å²) in [5.41, 5.74) is 5.84. The van der Waals surface area contributed by atoms with Crippen LogP contribution in [0.3, 0.4) is 0 Å². The normalized spacial score (nSPS) is 21.2. The highest BCUT2D eigenvalue weighted by atomic mass is 16.5. The lowest BCUT2D eigenvalue weighted by Gasteiger charge is -2.32. The first kappa shape index (κ1) is 11.0. The minimum atomic E-state index is 0.0384. The Balaban J connectivity index is 2.46. The van der Waals surface area contributed by atoms with Crippen LogP contribution in [0.1, 0.15) is 52.4 Å². The maximum absolute atomic E-state index is 6.12. The standard InChI is InChI=1S/C11H23NO/c1-3-10(4-2)13-11(9-12)7-5-6-8-11/h10H,3-9,12H2,1-2H3. The van der Waals surface area contributed by atoms with E-state index in [2.05, 4.69) is 13.8 Å².